The first kappa shape index (κ1) is 15.5. The number of hydrogen-bond donors (Lipinski definition) is 0. The molecule has 1 amide bonds. The van der Waals surface area contributed by atoms with Crippen LogP contribution in [0.3, 0.4) is 0 Å². The lowest BCUT2D eigenvalue weighted by Gasteiger charge is -2.26. The van der Waals surface area contributed by atoms with Gasteiger partial charge in [0.2, 0.25) is 0 Å². The summed E-state index contributed by atoms with van der Waals surface area (Å²) in [5.41, 5.74) is 2.90. The van der Waals surface area contributed by atoms with Gasteiger partial charge in [-0.2, -0.15) is 0 Å². The van der Waals surface area contributed by atoms with Crippen molar-refractivity contribution >= 4 is 5.91 Å². The number of rotatable bonds is 3. The van der Waals surface area contributed by atoms with Gasteiger partial charge in [-0.25, -0.2) is 4.98 Å². The highest BCUT2D eigenvalue weighted by atomic mass is 16.2. The Hall–Kier alpha value is -3.02. The van der Waals surface area contributed by atoms with E-state index in [1.807, 2.05) is 29.2 Å². The Bertz CT molecular complexity index is 890. The molecule has 0 unspecified atom stereocenters. The average Bonchev–Trinajstić information content (AvgIpc) is 3.33. The number of carbonyl (C=O) groups is 1. The van der Waals surface area contributed by atoms with E-state index in [9.17, 15) is 4.79 Å². The zero-order valence-electron chi connectivity index (χ0n) is 14.0. The van der Waals surface area contributed by atoms with Crippen molar-refractivity contribution in [3.63, 3.8) is 0 Å². The summed E-state index contributed by atoms with van der Waals surface area (Å²) < 4.78 is 1.69. The Morgan fingerprint density at radius 2 is 1.88 bits per heavy atom. The Morgan fingerprint density at radius 3 is 2.68 bits per heavy atom. The van der Waals surface area contributed by atoms with Crippen LogP contribution in [0.2, 0.25) is 0 Å². The van der Waals surface area contributed by atoms with Gasteiger partial charge in [0, 0.05) is 6.54 Å². The number of aryl methyl sites for hydroxylation is 1. The van der Waals surface area contributed by atoms with Crippen molar-refractivity contribution in [1.82, 2.24) is 24.6 Å². The van der Waals surface area contributed by atoms with Crippen molar-refractivity contribution in [1.29, 1.82) is 0 Å². The van der Waals surface area contributed by atoms with Crippen LogP contribution in [-0.2, 0) is 0 Å². The Balaban J connectivity index is 1.64. The standard InChI is InChI=1S/C19H19N5O/c1-14-6-2-3-7-15(14)17-9-5-11-24(17)19(25)16-8-4-10-18(22-16)23-12-20-21-13-23/h2-4,6-8,10,12-13,17H,5,9,11H2,1H3/t17-/m1/s1. The summed E-state index contributed by atoms with van der Waals surface area (Å²) in [6.45, 7) is 2.86. The quantitative estimate of drug-likeness (QED) is 0.739. The van der Waals surface area contributed by atoms with E-state index in [2.05, 4.69) is 34.2 Å². The fraction of sp³-hybridized carbons (Fsp3) is 0.263. The first-order chi connectivity index (χ1) is 12.2. The molecule has 1 atom stereocenters. The minimum absolute atomic E-state index is 0.0272. The van der Waals surface area contributed by atoms with E-state index in [4.69, 9.17) is 0 Å². The van der Waals surface area contributed by atoms with Gasteiger partial charge in [-0.15, -0.1) is 10.2 Å². The maximum atomic E-state index is 13.1. The lowest BCUT2D eigenvalue weighted by Crippen LogP contribution is -2.31. The molecule has 0 radical (unpaired) electrons. The Morgan fingerprint density at radius 1 is 1.08 bits per heavy atom. The predicted octanol–water partition coefficient (Wildman–Crippen LogP) is 2.95. The SMILES string of the molecule is Cc1ccccc1[C@H]1CCCN1C(=O)c1cccc(-n2cnnc2)n1. The largest absolute Gasteiger partial charge is 0.330 e. The third kappa shape index (κ3) is 2.91. The first-order valence-corrected chi connectivity index (χ1v) is 8.42. The van der Waals surface area contributed by atoms with Gasteiger partial charge in [-0.1, -0.05) is 30.3 Å². The summed E-state index contributed by atoms with van der Waals surface area (Å²) in [5.74, 6) is 0.614. The van der Waals surface area contributed by atoms with Crippen molar-refractivity contribution in [2.45, 2.75) is 25.8 Å². The monoisotopic (exact) mass is 333 g/mol. The van der Waals surface area contributed by atoms with Gasteiger partial charge in [0.05, 0.1) is 6.04 Å². The second-order valence-electron chi connectivity index (χ2n) is 6.26. The van der Waals surface area contributed by atoms with Crippen LogP contribution in [0.15, 0.2) is 55.1 Å². The van der Waals surface area contributed by atoms with Gasteiger partial charge >= 0.3 is 0 Å². The zero-order valence-corrected chi connectivity index (χ0v) is 14.0. The lowest BCUT2D eigenvalue weighted by molar-refractivity contribution is 0.0729. The summed E-state index contributed by atoms with van der Waals surface area (Å²) in [5, 5.41) is 7.58. The molecule has 1 fully saturated rings. The van der Waals surface area contributed by atoms with Crippen LogP contribution >= 0.6 is 0 Å². The normalized spacial score (nSPS) is 17.0. The average molecular weight is 333 g/mol. The number of nitrogens with zero attached hydrogens (tertiary/aromatic N) is 5. The van der Waals surface area contributed by atoms with Crippen molar-refractivity contribution in [2.75, 3.05) is 6.54 Å². The number of benzene rings is 1. The summed E-state index contributed by atoms with van der Waals surface area (Å²) >= 11 is 0. The maximum Gasteiger partial charge on any atom is 0.273 e. The van der Waals surface area contributed by atoms with Crippen molar-refractivity contribution in [2.24, 2.45) is 0 Å². The van der Waals surface area contributed by atoms with E-state index in [1.165, 1.54) is 11.1 Å². The van der Waals surface area contributed by atoms with E-state index in [1.54, 1.807) is 23.3 Å². The molecule has 6 heteroatoms. The second-order valence-corrected chi connectivity index (χ2v) is 6.26. The number of carbonyl (C=O) groups excluding carboxylic acids is 1. The lowest BCUT2D eigenvalue weighted by atomic mass is 9.99. The van der Waals surface area contributed by atoms with Gasteiger partial charge in [0.25, 0.3) is 5.91 Å². The van der Waals surface area contributed by atoms with Crippen molar-refractivity contribution in [3.8, 4) is 5.82 Å². The van der Waals surface area contributed by atoms with Crippen LogP contribution < -0.4 is 0 Å². The molecule has 0 aliphatic carbocycles. The molecule has 1 aliphatic heterocycles. The second kappa shape index (κ2) is 6.47. The summed E-state index contributed by atoms with van der Waals surface area (Å²) in [6, 6.07) is 13.8. The maximum absolute atomic E-state index is 13.1. The minimum atomic E-state index is -0.0272. The molecule has 126 valence electrons. The molecular formula is C19H19N5O. The molecule has 1 aliphatic rings. The number of hydrogen-bond acceptors (Lipinski definition) is 4. The van der Waals surface area contributed by atoms with Gasteiger partial charge in [0.15, 0.2) is 0 Å². The van der Waals surface area contributed by atoms with Gasteiger partial charge in [0.1, 0.15) is 24.2 Å². The molecule has 0 spiro atoms. The zero-order chi connectivity index (χ0) is 17.2. The highest BCUT2D eigenvalue weighted by molar-refractivity contribution is 5.93. The van der Waals surface area contributed by atoms with E-state index in [0.29, 0.717) is 11.5 Å². The topological polar surface area (TPSA) is 63.9 Å². The highest BCUT2D eigenvalue weighted by Crippen LogP contribution is 2.34. The van der Waals surface area contributed by atoms with Gasteiger partial charge in [-0.3, -0.25) is 9.36 Å². The summed E-state index contributed by atoms with van der Waals surface area (Å²) in [6.07, 6.45) is 5.14. The smallest absolute Gasteiger partial charge is 0.273 e. The first-order valence-electron chi connectivity index (χ1n) is 8.42. The number of amides is 1. The van der Waals surface area contributed by atoms with E-state index in [0.717, 1.165) is 19.4 Å². The van der Waals surface area contributed by atoms with E-state index >= 15 is 0 Å². The van der Waals surface area contributed by atoms with E-state index in [-0.39, 0.29) is 11.9 Å². The molecular weight excluding hydrogens is 314 g/mol. The molecule has 3 heterocycles. The number of aromatic nitrogens is 4. The molecule has 2 aromatic heterocycles. The number of likely N-dealkylation sites (tertiary alicyclic amines) is 1. The van der Waals surface area contributed by atoms with Crippen LogP contribution in [-0.4, -0.2) is 37.1 Å². The van der Waals surface area contributed by atoms with Crippen molar-refractivity contribution in [3.05, 3.63) is 71.9 Å². The fourth-order valence-corrected chi connectivity index (χ4v) is 3.45. The Kier molecular flexibility index (Phi) is 4.01. The van der Waals surface area contributed by atoms with Crippen LogP contribution in [0.4, 0.5) is 0 Å². The molecule has 1 saturated heterocycles. The van der Waals surface area contributed by atoms with Crippen LogP contribution in [0.1, 0.15) is 40.5 Å². The Labute approximate surface area is 146 Å². The third-order valence-corrected chi connectivity index (χ3v) is 4.70. The molecule has 1 aromatic carbocycles. The van der Waals surface area contributed by atoms with Crippen LogP contribution in [0, 0.1) is 6.92 Å². The summed E-state index contributed by atoms with van der Waals surface area (Å²) in [4.78, 5) is 19.5. The molecule has 0 saturated carbocycles. The minimum Gasteiger partial charge on any atom is -0.330 e. The van der Waals surface area contributed by atoms with Gasteiger partial charge < -0.3 is 4.90 Å². The van der Waals surface area contributed by atoms with Crippen molar-refractivity contribution < 1.29 is 4.79 Å². The molecule has 6 nitrogen and oxygen atoms in total. The predicted molar refractivity (Wildman–Crippen MR) is 93.3 cm³/mol. The molecule has 3 aromatic rings. The molecule has 25 heavy (non-hydrogen) atoms. The van der Waals surface area contributed by atoms with E-state index < -0.39 is 0 Å². The molecule has 0 N–H and O–H groups in total. The summed E-state index contributed by atoms with van der Waals surface area (Å²) in [7, 11) is 0. The molecule has 4 rings (SSSR count). The van der Waals surface area contributed by atoms with Gasteiger partial charge in [-0.05, 0) is 43.0 Å². The number of pyridine rings is 1. The highest BCUT2D eigenvalue weighted by Gasteiger charge is 2.32. The third-order valence-electron chi connectivity index (χ3n) is 4.70. The molecule has 0 bridgehead atoms. The van der Waals surface area contributed by atoms with Crippen LogP contribution in [0.25, 0.3) is 5.82 Å². The van der Waals surface area contributed by atoms with Crippen LogP contribution in [0.5, 0.6) is 0 Å². The fourth-order valence-electron chi connectivity index (χ4n) is 3.45.